The van der Waals surface area contributed by atoms with E-state index in [1.165, 1.54) is 19.1 Å². The largest absolute Gasteiger partial charge is 0.416 e. The number of halogens is 3. The molecule has 0 saturated carbocycles. The molecule has 1 fully saturated rings. The van der Waals surface area contributed by atoms with Gasteiger partial charge in [0.2, 0.25) is 5.91 Å². The molecule has 0 radical (unpaired) electrons. The number of benzene rings is 1. The average Bonchev–Trinajstić information content (AvgIpc) is 3.01. The van der Waals surface area contributed by atoms with Gasteiger partial charge in [-0.2, -0.15) is 13.2 Å². The van der Waals surface area contributed by atoms with Crippen LogP contribution in [0, 0.1) is 0 Å². The van der Waals surface area contributed by atoms with Crippen molar-refractivity contribution < 1.29 is 22.8 Å². The van der Waals surface area contributed by atoms with Crippen molar-refractivity contribution in [2.24, 2.45) is 7.05 Å². The highest BCUT2D eigenvalue weighted by Crippen LogP contribution is 2.33. The van der Waals surface area contributed by atoms with Gasteiger partial charge in [-0.05, 0) is 37.1 Å². The molecule has 1 aliphatic heterocycles. The number of fused-ring (bicyclic) bond motifs is 1. The molecule has 1 aromatic heterocycles. The molecule has 1 aliphatic rings. The first-order chi connectivity index (χ1) is 13.6. The van der Waals surface area contributed by atoms with E-state index in [0.717, 1.165) is 18.6 Å². The fourth-order valence-electron chi connectivity index (χ4n) is 4.16. The maximum absolute atomic E-state index is 13.4. The van der Waals surface area contributed by atoms with Crippen LogP contribution >= 0.6 is 0 Å². The predicted octanol–water partition coefficient (Wildman–Crippen LogP) is 4.06. The average molecular weight is 409 g/mol. The molecule has 8 heteroatoms. The third-order valence-corrected chi connectivity index (χ3v) is 5.89. The molecule has 0 spiro atoms. The number of nitrogens with zero attached hydrogens (tertiary/aromatic N) is 3. The number of hydrogen-bond donors (Lipinski definition) is 0. The second-order valence-corrected chi connectivity index (χ2v) is 7.61. The summed E-state index contributed by atoms with van der Waals surface area (Å²) in [6, 6.07) is 4.84. The molecular formula is C21H26F3N3O2. The first-order valence-corrected chi connectivity index (χ1v) is 9.83. The molecule has 2 amide bonds. The van der Waals surface area contributed by atoms with Crippen molar-refractivity contribution in [2.45, 2.75) is 51.9 Å². The second kappa shape index (κ2) is 7.72. The Labute approximate surface area is 168 Å². The Morgan fingerprint density at radius 1 is 1.03 bits per heavy atom. The lowest BCUT2D eigenvalue weighted by Crippen LogP contribution is -2.60. The minimum absolute atomic E-state index is 0.00770. The van der Waals surface area contributed by atoms with Gasteiger partial charge in [-0.1, -0.05) is 13.8 Å². The van der Waals surface area contributed by atoms with E-state index >= 15 is 0 Å². The number of carbonyl (C=O) groups is 2. The van der Waals surface area contributed by atoms with Crippen LogP contribution in [-0.4, -0.2) is 51.4 Å². The summed E-state index contributed by atoms with van der Waals surface area (Å²) in [4.78, 5) is 28.9. The topological polar surface area (TPSA) is 45.6 Å². The monoisotopic (exact) mass is 409 g/mol. The van der Waals surface area contributed by atoms with Crippen LogP contribution in [-0.2, 0) is 18.0 Å². The van der Waals surface area contributed by atoms with Gasteiger partial charge in [0.05, 0.1) is 5.56 Å². The normalized spacial score (nSPS) is 20.4. The van der Waals surface area contributed by atoms with Crippen molar-refractivity contribution in [3.63, 3.8) is 0 Å². The van der Waals surface area contributed by atoms with Crippen LogP contribution in [0.4, 0.5) is 13.2 Å². The van der Waals surface area contributed by atoms with Gasteiger partial charge in [-0.15, -0.1) is 0 Å². The Morgan fingerprint density at radius 2 is 1.62 bits per heavy atom. The number of aromatic nitrogens is 1. The van der Waals surface area contributed by atoms with Crippen molar-refractivity contribution in [3.05, 3.63) is 35.5 Å². The van der Waals surface area contributed by atoms with Crippen molar-refractivity contribution >= 4 is 22.7 Å². The molecule has 2 unspecified atom stereocenters. The highest BCUT2D eigenvalue weighted by molar-refractivity contribution is 5.99. The van der Waals surface area contributed by atoms with E-state index in [2.05, 4.69) is 0 Å². The van der Waals surface area contributed by atoms with Crippen molar-refractivity contribution in [3.8, 4) is 0 Å². The van der Waals surface area contributed by atoms with E-state index in [0.29, 0.717) is 36.1 Å². The first-order valence-electron chi connectivity index (χ1n) is 9.83. The van der Waals surface area contributed by atoms with Crippen LogP contribution in [0.1, 0.15) is 49.7 Å². The van der Waals surface area contributed by atoms with Gasteiger partial charge in [-0.25, -0.2) is 0 Å². The molecule has 0 bridgehead atoms. The third-order valence-electron chi connectivity index (χ3n) is 5.89. The summed E-state index contributed by atoms with van der Waals surface area (Å²) in [5, 5.41) is 0.383. The van der Waals surface area contributed by atoms with Crippen LogP contribution in [0.15, 0.2) is 24.3 Å². The number of amides is 2. The summed E-state index contributed by atoms with van der Waals surface area (Å²) >= 11 is 0. The molecule has 2 aromatic rings. The summed E-state index contributed by atoms with van der Waals surface area (Å²) < 4.78 is 40.8. The molecule has 0 aliphatic carbocycles. The molecule has 29 heavy (non-hydrogen) atoms. The van der Waals surface area contributed by atoms with Crippen LogP contribution < -0.4 is 0 Å². The zero-order chi connectivity index (χ0) is 21.5. The Morgan fingerprint density at radius 3 is 2.17 bits per heavy atom. The van der Waals surface area contributed by atoms with Crippen molar-refractivity contribution in [2.75, 3.05) is 13.1 Å². The molecule has 158 valence electrons. The van der Waals surface area contributed by atoms with Gasteiger partial charge in [0.15, 0.2) is 0 Å². The van der Waals surface area contributed by atoms with Crippen LogP contribution in [0.25, 0.3) is 10.9 Å². The minimum Gasteiger partial charge on any atom is -0.340 e. The molecular weight excluding hydrogens is 383 g/mol. The van der Waals surface area contributed by atoms with Gasteiger partial charge < -0.3 is 14.4 Å². The van der Waals surface area contributed by atoms with Crippen LogP contribution in [0.5, 0.6) is 0 Å². The maximum Gasteiger partial charge on any atom is 0.416 e. The number of piperazine rings is 1. The predicted molar refractivity (Wildman–Crippen MR) is 105 cm³/mol. The Hall–Kier alpha value is -2.51. The number of alkyl halides is 3. The van der Waals surface area contributed by atoms with Gasteiger partial charge in [0.25, 0.3) is 5.91 Å². The molecule has 2 atom stereocenters. The van der Waals surface area contributed by atoms with Crippen molar-refractivity contribution in [1.29, 1.82) is 0 Å². The Bertz CT molecular complexity index is 935. The number of aryl methyl sites for hydroxylation is 1. The maximum atomic E-state index is 13.4. The van der Waals surface area contributed by atoms with Crippen LogP contribution in [0.3, 0.4) is 0 Å². The van der Waals surface area contributed by atoms with E-state index < -0.39 is 11.7 Å². The quantitative estimate of drug-likeness (QED) is 0.768. The highest BCUT2D eigenvalue weighted by atomic mass is 19.4. The molecule has 0 N–H and O–H groups in total. The lowest BCUT2D eigenvalue weighted by molar-refractivity contribution is -0.137. The standard InChI is InChI=1S/C21H26F3N3O2/c1-5-16-12-27(17(6-2)11-26(16)13(3)28)20(29)19-10-14-9-15(21(22,23)24)7-8-18(14)25(19)4/h7-10,16-17H,5-6,11-12H2,1-4H3. The molecule has 1 saturated heterocycles. The molecule has 2 heterocycles. The van der Waals surface area contributed by atoms with E-state index in [9.17, 15) is 22.8 Å². The third kappa shape index (κ3) is 3.84. The van der Waals surface area contributed by atoms with Gasteiger partial charge >= 0.3 is 6.18 Å². The van der Waals surface area contributed by atoms with Crippen molar-refractivity contribution in [1.82, 2.24) is 14.4 Å². The molecule has 3 rings (SSSR count). The first kappa shape index (κ1) is 21.2. The van der Waals surface area contributed by atoms with E-state index in [1.54, 1.807) is 16.5 Å². The molecule has 1 aromatic carbocycles. The highest BCUT2D eigenvalue weighted by Gasteiger charge is 2.37. The van der Waals surface area contributed by atoms with Crippen LogP contribution in [0.2, 0.25) is 0 Å². The Balaban J connectivity index is 1.97. The zero-order valence-electron chi connectivity index (χ0n) is 17.1. The SMILES string of the molecule is CCC1CN(C(=O)c2cc3cc(C(F)(F)F)ccc3n2C)C(CC)CN1C(C)=O. The fraction of sp³-hybridized carbons (Fsp3) is 0.524. The molecule has 5 nitrogen and oxygen atoms in total. The minimum atomic E-state index is -4.43. The lowest BCUT2D eigenvalue weighted by atomic mass is 10.0. The number of hydrogen-bond acceptors (Lipinski definition) is 2. The summed E-state index contributed by atoms with van der Waals surface area (Å²) in [5.41, 5.74) is 0.190. The summed E-state index contributed by atoms with van der Waals surface area (Å²) in [6.45, 7) is 6.37. The lowest BCUT2D eigenvalue weighted by Gasteiger charge is -2.45. The van der Waals surface area contributed by atoms with E-state index in [-0.39, 0.29) is 23.9 Å². The van der Waals surface area contributed by atoms with Gasteiger partial charge in [-0.3, -0.25) is 9.59 Å². The second-order valence-electron chi connectivity index (χ2n) is 7.61. The van der Waals surface area contributed by atoms with Gasteiger partial charge in [0.1, 0.15) is 5.69 Å². The zero-order valence-corrected chi connectivity index (χ0v) is 17.1. The number of carbonyl (C=O) groups excluding carboxylic acids is 2. The summed E-state index contributed by atoms with van der Waals surface area (Å²) in [5.74, 6) is -0.225. The van der Waals surface area contributed by atoms with E-state index in [1.807, 2.05) is 18.7 Å². The van der Waals surface area contributed by atoms with Gasteiger partial charge in [0, 0.05) is 50.0 Å². The number of rotatable bonds is 3. The Kier molecular flexibility index (Phi) is 5.65. The fourth-order valence-corrected chi connectivity index (χ4v) is 4.16. The summed E-state index contributed by atoms with van der Waals surface area (Å²) in [6.07, 6.45) is -3.02. The van der Waals surface area contributed by atoms with E-state index in [4.69, 9.17) is 0 Å². The smallest absolute Gasteiger partial charge is 0.340 e. The summed E-state index contributed by atoms with van der Waals surface area (Å²) in [7, 11) is 1.69.